The molecule has 0 radical (unpaired) electrons. The first-order chi connectivity index (χ1) is 9.35. The van der Waals surface area contributed by atoms with Crippen molar-refractivity contribution in [3.8, 4) is 0 Å². The van der Waals surface area contributed by atoms with Gasteiger partial charge in [-0.15, -0.1) is 11.8 Å². The number of hydrogen-bond acceptors (Lipinski definition) is 3. The van der Waals surface area contributed by atoms with Crippen LogP contribution in [-0.4, -0.2) is 28.3 Å². The molecule has 0 bridgehead atoms. The molecule has 0 saturated carbocycles. The van der Waals surface area contributed by atoms with Crippen molar-refractivity contribution in [2.45, 2.75) is 43.4 Å². The maximum Gasteiger partial charge on any atom is 0.338 e. The average molecular weight is 299 g/mol. The highest BCUT2D eigenvalue weighted by Crippen LogP contribution is 2.25. The molecule has 0 aliphatic heterocycles. The highest BCUT2D eigenvalue weighted by Gasteiger charge is 2.18. The summed E-state index contributed by atoms with van der Waals surface area (Å²) >= 11 is 1.20. The zero-order chi connectivity index (χ0) is 15.3. The van der Waals surface area contributed by atoms with Crippen LogP contribution in [0.3, 0.4) is 0 Å². The Hall–Kier alpha value is -1.56. The number of halogens is 1. The molecule has 0 fully saturated rings. The number of aromatic carboxylic acids is 1. The van der Waals surface area contributed by atoms with E-state index in [-0.39, 0.29) is 22.8 Å². The summed E-state index contributed by atoms with van der Waals surface area (Å²) in [5, 5.41) is 11.3. The molecule has 0 aliphatic rings. The molecule has 110 valence electrons. The van der Waals surface area contributed by atoms with Gasteiger partial charge >= 0.3 is 5.97 Å². The molecule has 2 N–H and O–H groups in total. The molecule has 1 rings (SSSR count). The van der Waals surface area contributed by atoms with Gasteiger partial charge in [-0.05, 0) is 38.5 Å². The summed E-state index contributed by atoms with van der Waals surface area (Å²) in [7, 11) is 0. The second-order valence-electron chi connectivity index (χ2n) is 4.52. The van der Waals surface area contributed by atoms with Crippen molar-refractivity contribution in [1.82, 2.24) is 5.32 Å². The SMILES string of the molecule is CCC(C)NC(=O)C(C)Sc1ccc(F)c(C(=O)O)c1. The number of carboxylic acids is 1. The lowest BCUT2D eigenvalue weighted by atomic mass is 10.2. The molecule has 0 aromatic heterocycles. The van der Waals surface area contributed by atoms with Crippen LogP contribution >= 0.6 is 11.8 Å². The summed E-state index contributed by atoms with van der Waals surface area (Å²) in [6, 6.07) is 3.91. The third-order valence-electron chi connectivity index (χ3n) is 2.85. The van der Waals surface area contributed by atoms with Gasteiger partial charge in [0.25, 0.3) is 0 Å². The van der Waals surface area contributed by atoms with Gasteiger partial charge in [0.05, 0.1) is 10.8 Å². The van der Waals surface area contributed by atoms with Crippen LogP contribution in [0.2, 0.25) is 0 Å². The van der Waals surface area contributed by atoms with Crippen molar-refractivity contribution in [3.05, 3.63) is 29.6 Å². The molecule has 0 heterocycles. The first kappa shape index (κ1) is 16.5. The van der Waals surface area contributed by atoms with Crippen molar-refractivity contribution in [2.24, 2.45) is 0 Å². The Balaban J connectivity index is 2.75. The normalized spacial score (nSPS) is 13.6. The number of carbonyl (C=O) groups is 2. The lowest BCUT2D eigenvalue weighted by Crippen LogP contribution is -2.37. The van der Waals surface area contributed by atoms with Gasteiger partial charge in [0.1, 0.15) is 5.82 Å². The molecule has 0 aliphatic carbocycles. The van der Waals surface area contributed by atoms with E-state index in [4.69, 9.17) is 5.11 Å². The Labute approximate surface area is 121 Å². The van der Waals surface area contributed by atoms with Crippen LogP contribution in [-0.2, 0) is 4.79 Å². The smallest absolute Gasteiger partial charge is 0.338 e. The van der Waals surface area contributed by atoms with Crippen molar-refractivity contribution in [2.75, 3.05) is 0 Å². The number of amides is 1. The van der Waals surface area contributed by atoms with Gasteiger partial charge in [0.15, 0.2) is 0 Å². The Morgan fingerprint density at radius 3 is 2.60 bits per heavy atom. The molecule has 6 heteroatoms. The third-order valence-corrected chi connectivity index (χ3v) is 3.95. The average Bonchev–Trinajstić information content (AvgIpc) is 2.40. The monoisotopic (exact) mass is 299 g/mol. The minimum absolute atomic E-state index is 0.0911. The topological polar surface area (TPSA) is 66.4 Å². The summed E-state index contributed by atoms with van der Waals surface area (Å²) in [4.78, 5) is 23.3. The summed E-state index contributed by atoms with van der Waals surface area (Å²) in [6.07, 6.45) is 0.836. The van der Waals surface area contributed by atoms with Gasteiger partial charge in [0.2, 0.25) is 5.91 Å². The molecule has 2 atom stereocenters. The number of carbonyl (C=O) groups excluding carboxylic acids is 1. The van der Waals surface area contributed by atoms with E-state index in [9.17, 15) is 14.0 Å². The van der Waals surface area contributed by atoms with Crippen molar-refractivity contribution >= 4 is 23.6 Å². The Morgan fingerprint density at radius 2 is 2.05 bits per heavy atom. The Morgan fingerprint density at radius 1 is 1.40 bits per heavy atom. The number of benzene rings is 1. The van der Waals surface area contributed by atoms with Crippen molar-refractivity contribution < 1.29 is 19.1 Å². The quantitative estimate of drug-likeness (QED) is 0.793. The fourth-order valence-electron chi connectivity index (χ4n) is 1.46. The summed E-state index contributed by atoms with van der Waals surface area (Å²) in [5.74, 6) is -2.22. The standard InChI is InChI=1S/C14H18FNO3S/c1-4-8(2)16-13(17)9(3)20-10-5-6-12(15)11(7-10)14(18)19/h5-9H,4H2,1-3H3,(H,16,17)(H,18,19). The molecule has 1 aromatic carbocycles. The van der Waals surface area contributed by atoms with E-state index in [1.54, 1.807) is 6.92 Å². The summed E-state index contributed by atoms with van der Waals surface area (Å²) in [5.41, 5.74) is -0.385. The van der Waals surface area contributed by atoms with Gasteiger partial charge in [-0.25, -0.2) is 9.18 Å². The second kappa shape index (κ2) is 7.28. The van der Waals surface area contributed by atoms with Crippen LogP contribution in [0.1, 0.15) is 37.6 Å². The van der Waals surface area contributed by atoms with E-state index in [0.717, 1.165) is 12.5 Å². The highest BCUT2D eigenvalue weighted by atomic mass is 32.2. The minimum Gasteiger partial charge on any atom is -0.478 e. The molecule has 20 heavy (non-hydrogen) atoms. The van der Waals surface area contributed by atoms with E-state index in [1.807, 2.05) is 13.8 Å². The third kappa shape index (κ3) is 4.52. The molecular formula is C14H18FNO3S. The van der Waals surface area contributed by atoms with E-state index < -0.39 is 11.8 Å². The van der Waals surface area contributed by atoms with E-state index in [0.29, 0.717) is 4.90 Å². The van der Waals surface area contributed by atoms with Gasteiger partial charge < -0.3 is 10.4 Å². The van der Waals surface area contributed by atoms with E-state index in [1.165, 1.54) is 23.9 Å². The fraction of sp³-hybridized carbons (Fsp3) is 0.429. The molecule has 1 aromatic rings. The molecule has 0 spiro atoms. The molecule has 0 saturated heterocycles. The van der Waals surface area contributed by atoms with Gasteiger partial charge in [0, 0.05) is 10.9 Å². The van der Waals surface area contributed by atoms with Crippen LogP contribution in [0, 0.1) is 5.82 Å². The molecule has 4 nitrogen and oxygen atoms in total. The maximum atomic E-state index is 13.3. The molecule has 1 amide bonds. The molecular weight excluding hydrogens is 281 g/mol. The van der Waals surface area contributed by atoms with Gasteiger partial charge in [-0.3, -0.25) is 4.79 Å². The number of hydrogen-bond donors (Lipinski definition) is 2. The van der Waals surface area contributed by atoms with Crippen LogP contribution in [0.15, 0.2) is 23.1 Å². The lowest BCUT2D eigenvalue weighted by Gasteiger charge is -2.16. The van der Waals surface area contributed by atoms with Crippen LogP contribution < -0.4 is 5.32 Å². The molecule has 2 unspecified atom stereocenters. The largest absolute Gasteiger partial charge is 0.478 e. The second-order valence-corrected chi connectivity index (χ2v) is 5.94. The predicted octanol–water partition coefficient (Wildman–Crippen LogP) is 2.92. The Kier molecular flexibility index (Phi) is 6.01. The van der Waals surface area contributed by atoms with E-state index >= 15 is 0 Å². The first-order valence-electron chi connectivity index (χ1n) is 6.35. The van der Waals surface area contributed by atoms with E-state index in [2.05, 4.69) is 5.32 Å². The zero-order valence-electron chi connectivity index (χ0n) is 11.6. The first-order valence-corrected chi connectivity index (χ1v) is 7.23. The van der Waals surface area contributed by atoms with Gasteiger partial charge in [-0.2, -0.15) is 0 Å². The fourth-order valence-corrected chi connectivity index (χ4v) is 2.38. The van der Waals surface area contributed by atoms with Crippen molar-refractivity contribution in [3.63, 3.8) is 0 Å². The zero-order valence-corrected chi connectivity index (χ0v) is 12.5. The van der Waals surface area contributed by atoms with Crippen LogP contribution in [0.25, 0.3) is 0 Å². The predicted molar refractivity (Wildman–Crippen MR) is 76.6 cm³/mol. The minimum atomic E-state index is -1.32. The number of carboxylic acid groups (broad SMARTS) is 1. The maximum absolute atomic E-state index is 13.3. The number of rotatable bonds is 6. The lowest BCUT2D eigenvalue weighted by molar-refractivity contribution is -0.120. The van der Waals surface area contributed by atoms with Crippen LogP contribution in [0.5, 0.6) is 0 Å². The highest BCUT2D eigenvalue weighted by molar-refractivity contribution is 8.00. The van der Waals surface area contributed by atoms with Crippen LogP contribution in [0.4, 0.5) is 4.39 Å². The van der Waals surface area contributed by atoms with Crippen molar-refractivity contribution in [1.29, 1.82) is 0 Å². The number of nitrogens with one attached hydrogen (secondary N) is 1. The van der Waals surface area contributed by atoms with Gasteiger partial charge in [-0.1, -0.05) is 6.92 Å². The Bertz CT molecular complexity index is 507. The summed E-state index contributed by atoms with van der Waals surface area (Å²) in [6.45, 7) is 5.61. The number of thioether (sulfide) groups is 1. The summed E-state index contributed by atoms with van der Waals surface area (Å²) < 4.78 is 13.3.